The lowest BCUT2D eigenvalue weighted by molar-refractivity contribution is 0.318. The van der Waals surface area contributed by atoms with Crippen LogP contribution in [0.4, 0.5) is 0 Å². The van der Waals surface area contributed by atoms with E-state index < -0.39 is 0 Å². The van der Waals surface area contributed by atoms with Crippen LogP contribution in [0.3, 0.4) is 0 Å². The molecule has 0 saturated heterocycles. The molecule has 0 amide bonds. The monoisotopic (exact) mass is 337 g/mol. The van der Waals surface area contributed by atoms with E-state index in [9.17, 15) is 0 Å². The van der Waals surface area contributed by atoms with Crippen LogP contribution in [-0.2, 0) is 5.75 Å². The quantitative estimate of drug-likeness (QED) is 0.295. The maximum Gasteiger partial charge on any atom is 0.188 e. The summed E-state index contributed by atoms with van der Waals surface area (Å²) in [6, 6.07) is 11.9. The van der Waals surface area contributed by atoms with Crippen molar-refractivity contribution in [1.82, 2.24) is 4.98 Å². The van der Waals surface area contributed by atoms with Crippen LogP contribution in [0.15, 0.2) is 57.1 Å². The van der Waals surface area contributed by atoms with E-state index in [4.69, 9.17) is 10.9 Å². The normalized spacial score (nSPS) is 11.5. The molecular formula is C13H12BrN3OS. The molecule has 0 aliphatic rings. The second-order valence-corrected chi connectivity index (χ2v) is 5.75. The Morgan fingerprint density at radius 3 is 2.95 bits per heavy atom. The lowest BCUT2D eigenvalue weighted by Crippen LogP contribution is -2.15. The summed E-state index contributed by atoms with van der Waals surface area (Å²) in [5, 5.41) is 11.6. The molecule has 0 spiro atoms. The zero-order valence-corrected chi connectivity index (χ0v) is 12.4. The lowest BCUT2D eigenvalue weighted by atomic mass is 10.2. The van der Waals surface area contributed by atoms with Crippen molar-refractivity contribution in [3.05, 3.63) is 58.3 Å². The predicted octanol–water partition coefficient (Wildman–Crippen LogP) is 3.23. The average molecular weight is 338 g/mol. The lowest BCUT2D eigenvalue weighted by Gasteiger charge is -2.04. The third-order valence-corrected chi connectivity index (χ3v) is 3.95. The van der Waals surface area contributed by atoms with E-state index in [1.807, 2.05) is 24.3 Å². The van der Waals surface area contributed by atoms with Crippen LogP contribution < -0.4 is 5.73 Å². The molecule has 4 nitrogen and oxygen atoms in total. The molecule has 0 aliphatic carbocycles. The van der Waals surface area contributed by atoms with E-state index in [2.05, 4.69) is 38.2 Å². The van der Waals surface area contributed by atoms with Crippen molar-refractivity contribution in [2.24, 2.45) is 10.9 Å². The van der Waals surface area contributed by atoms with E-state index in [1.54, 1.807) is 18.0 Å². The minimum atomic E-state index is 0.0225. The zero-order chi connectivity index (χ0) is 13.7. The molecular weight excluding hydrogens is 326 g/mol. The molecule has 0 bridgehead atoms. The summed E-state index contributed by atoms with van der Waals surface area (Å²) in [4.78, 5) is 5.22. The predicted molar refractivity (Wildman–Crippen MR) is 80.5 cm³/mol. The minimum Gasteiger partial charge on any atom is -0.409 e. The van der Waals surface area contributed by atoms with Gasteiger partial charge in [0.25, 0.3) is 0 Å². The third kappa shape index (κ3) is 3.97. The van der Waals surface area contributed by atoms with Gasteiger partial charge in [-0.1, -0.05) is 27.2 Å². The fourth-order valence-electron chi connectivity index (χ4n) is 1.48. The Morgan fingerprint density at radius 2 is 2.21 bits per heavy atom. The van der Waals surface area contributed by atoms with E-state index in [-0.39, 0.29) is 5.84 Å². The molecule has 98 valence electrons. The summed E-state index contributed by atoms with van der Waals surface area (Å²) in [5.41, 5.74) is 7.07. The van der Waals surface area contributed by atoms with Gasteiger partial charge in [0, 0.05) is 21.3 Å². The highest BCUT2D eigenvalue weighted by atomic mass is 79.9. The van der Waals surface area contributed by atoms with Crippen molar-refractivity contribution in [2.75, 3.05) is 0 Å². The molecule has 0 fully saturated rings. The Morgan fingerprint density at radius 1 is 1.37 bits per heavy atom. The van der Waals surface area contributed by atoms with Crippen molar-refractivity contribution < 1.29 is 5.21 Å². The molecule has 2 aromatic rings. The summed E-state index contributed by atoms with van der Waals surface area (Å²) in [7, 11) is 0. The Balaban J connectivity index is 2.08. The molecule has 0 radical (unpaired) electrons. The van der Waals surface area contributed by atoms with Gasteiger partial charge in [-0.25, -0.2) is 0 Å². The molecule has 2 rings (SSSR count). The van der Waals surface area contributed by atoms with Crippen LogP contribution in [0.2, 0.25) is 0 Å². The Kier molecular flexibility index (Phi) is 4.81. The number of thioether (sulfide) groups is 1. The van der Waals surface area contributed by atoms with Crippen molar-refractivity contribution >= 4 is 33.5 Å². The van der Waals surface area contributed by atoms with E-state index in [1.165, 1.54) is 4.90 Å². The van der Waals surface area contributed by atoms with Crippen LogP contribution in [0, 0.1) is 0 Å². The van der Waals surface area contributed by atoms with Crippen LogP contribution in [0.5, 0.6) is 0 Å². The Hall–Kier alpha value is -1.53. The third-order valence-electron chi connectivity index (χ3n) is 2.40. The van der Waals surface area contributed by atoms with Gasteiger partial charge in [0.1, 0.15) is 5.69 Å². The molecule has 0 unspecified atom stereocenters. The van der Waals surface area contributed by atoms with Crippen LogP contribution in [0.1, 0.15) is 11.3 Å². The van der Waals surface area contributed by atoms with Gasteiger partial charge in [-0.3, -0.25) is 4.98 Å². The number of nitrogens with two attached hydrogens (primary N) is 1. The highest BCUT2D eigenvalue weighted by Gasteiger charge is 2.03. The van der Waals surface area contributed by atoms with Crippen molar-refractivity contribution in [2.45, 2.75) is 10.6 Å². The van der Waals surface area contributed by atoms with Crippen LogP contribution in [0.25, 0.3) is 0 Å². The number of amidine groups is 1. The fourth-order valence-corrected chi connectivity index (χ4v) is 2.93. The van der Waals surface area contributed by atoms with Crippen LogP contribution in [-0.4, -0.2) is 16.0 Å². The van der Waals surface area contributed by atoms with Gasteiger partial charge in [0.15, 0.2) is 5.84 Å². The van der Waals surface area contributed by atoms with E-state index >= 15 is 0 Å². The molecule has 0 saturated carbocycles. The highest BCUT2D eigenvalue weighted by Crippen LogP contribution is 2.25. The first-order valence-electron chi connectivity index (χ1n) is 5.50. The molecule has 3 N–H and O–H groups in total. The number of hydrogen-bond acceptors (Lipinski definition) is 4. The van der Waals surface area contributed by atoms with Gasteiger partial charge >= 0.3 is 0 Å². The fraction of sp³-hybridized carbons (Fsp3) is 0.0769. The molecule has 1 aromatic heterocycles. The summed E-state index contributed by atoms with van der Waals surface area (Å²) in [6.45, 7) is 0. The SMILES string of the molecule is NC(=NO)c1cc(CSc2cccc(Br)c2)ccn1. The van der Waals surface area contributed by atoms with Gasteiger partial charge in [0.2, 0.25) is 0 Å². The highest BCUT2D eigenvalue weighted by molar-refractivity contribution is 9.10. The summed E-state index contributed by atoms with van der Waals surface area (Å²) < 4.78 is 1.06. The molecule has 19 heavy (non-hydrogen) atoms. The minimum absolute atomic E-state index is 0.0225. The smallest absolute Gasteiger partial charge is 0.188 e. The molecule has 6 heteroatoms. The van der Waals surface area contributed by atoms with Gasteiger partial charge in [-0.2, -0.15) is 0 Å². The molecule has 0 atom stereocenters. The number of benzene rings is 1. The molecule has 1 aromatic carbocycles. The zero-order valence-electron chi connectivity index (χ0n) is 9.95. The second kappa shape index (κ2) is 6.58. The number of nitrogens with zero attached hydrogens (tertiary/aromatic N) is 2. The maximum atomic E-state index is 8.63. The molecule has 0 aliphatic heterocycles. The molecule has 1 heterocycles. The first-order valence-corrected chi connectivity index (χ1v) is 7.28. The number of oxime groups is 1. The average Bonchev–Trinajstić information content (AvgIpc) is 2.45. The Bertz CT molecular complexity index is 604. The van der Waals surface area contributed by atoms with Crippen LogP contribution >= 0.6 is 27.7 Å². The van der Waals surface area contributed by atoms with E-state index in [0.717, 1.165) is 15.8 Å². The maximum absolute atomic E-state index is 8.63. The Labute approximate surface area is 123 Å². The van der Waals surface area contributed by atoms with Gasteiger partial charge in [-0.05, 0) is 35.9 Å². The van der Waals surface area contributed by atoms with Crippen molar-refractivity contribution in [3.63, 3.8) is 0 Å². The van der Waals surface area contributed by atoms with Crippen molar-refractivity contribution in [3.8, 4) is 0 Å². The number of hydrogen-bond donors (Lipinski definition) is 2. The van der Waals surface area contributed by atoms with Crippen molar-refractivity contribution in [1.29, 1.82) is 0 Å². The topological polar surface area (TPSA) is 71.5 Å². The van der Waals surface area contributed by atoms with Gasteiger partial charge < -0.3 is 10.9 Å². The number of rotatable bonds is 4. The summed E-state index contributed by atoms with van der Waals surface area (Å²) >= 11 is 5.16. The number of halogens is 1. The number of pyridine rings is 1. The van der Waals surface area contributed by atoms with Gasteiger partial charge in [0.05, 0.1) is 0 Å². The number of aromatic nitrogens is 1. The summed E-state index contributed by atoms with van der Waals surface area (Å²) in [6.07, 6.45) is 1.66. The van der Waals surface area contributed by atoms with Gasteiger partial charge in [-0.15, -0.1) is 11.8 Å². The first kappa shape index (κ1) is 13.9. The standard InChI is InChI=1S/C13H12BrN3OS/c14-10-2-1-3-11(7-10)19-8-9-4-5-16-12(6-9)13(15)17-18/h1-7,18H,8H2,(H2,15,17). The van der Waals surface area contributed by atoms with E-state index in [0.29, 0.717) is 5.69 Å². The largest absolute Gasteiger partial charge is 0.409 e. The summed E-state index contributed by atoms with van der Waals surface area (Å²) in [5.74, 6) is 0.819. The first-order chi connectivity index (χ1) is 9.19. The second-order valence-electron chi connectivity index (χ2n) is 3.78.